The molecule has 1 aliphatic heterocycles. The maximum atomic E-state index is 13.0. The van der Waals surface area contributed by atoms with Crippen LogP contribution in [-0.2, 0) is 10.0 Å². The molecule has 180 valence electrons. The molecule has 1 aliphatic rings. The van der Waals surface area contributed by atoms with E-state index in [1.165, 1.54) is 4.31 Å². The van der Waals surface area contributed by atoms with Crippen molar-refractivity contribution in [1.29, 1.82) is 0 Å². The fourth-order valence-corrected chi connectivity index (χ4v) is 6.12. The van der Waals surface area contributed by atoms with Crippen LogP contribution >= 0.6 is 0 Å². The quantitative estimate of drug-likeness (QED) is 0.448. The average Bonchev–Trinajstić information content (AvgIpc) is 2.88. The van der Waals surface area contributed by atoms with Gasteiger partial charge in [-0.1, -0.05) is 12.1 Å². The van der Waals surface area contributed by atoms with Gasteiger partial charge in [0.2, 0.25) is 10.0 Å². The summed E-state index contributed by atoms with van der Waals surface area (Å²) in [6.07, 6.45) is 7.86. The monoisotopic (exact) mass is 482 g/mol. The van der Waals surface area contributed by atoms with E-state index in [1.807, 2.05) is 37.5 Å². The smallest absolute Gasteiger partial charge is 0.217 e. The third-order valence-electron chi connectivity index (χ3n) is 6.12. The Morgan fingerprint density at radius 1 is 1.18 bits per heavy atom. The van der Waals surface area contributed by atoms with E-state index < -0.39 is 15.3 Å². The first kappa shape index (κ1) is 24.1. The Balaban J connectivity index is 1.51. The molecule has 3 aromatic rings. The van der Waals surface area contributed by atoms with Gasteiger partial charge in [-0.3, -0.25) is 9.97 Å². The van der Waals surface area contributed by atoms with Gasteiger partial charge in [-0.05, 0) is 36.6 Å². The fraction of sp³-hybridized carbons (Fsp3) is 0.375. The molecule has 4 rings (SSSR count). The number of rotatable bonds is 9. The van der Waals surface area contributed by atoms with E-state index in [9.17, 15) is 13.5 Å². The zero-order valence-electron chi connectivity index (χ0n) is 19.3. The zero-order valence-corrected chi connectivity index (χ0v) is 20.1. The highest BCUT2D eigenvalue weighted by Gasteiger charge is 2.34. The molecule has 0 radical (unpaired) electrons. The molecular weight excluding hydrogens is 452 g/mol. The number of hydrogen-bond donors (Lipinski definition) is 2. The van der Waals surface area contributed by atoms with E-state index in [1.54, 1.807) is 18.5 Å². The number of sulfonamides is 1. The Bertz CT molecular complexity index is 1260. The molecule has 1 fully saturated rings. The summed E-state index contributed by atoms with van der Waals surface area (Å²) in [5, 5.41) is 11.9. The summed E-state index contributed by atoms with van der Waals surface area (Å²) in [5.41, 5.74) is 4.49. The number of fused-ring (bicyclic) bond motifs is 1. The van der Waals surface area contributed by atoms with Gasteiger partial charge in [-0.25, -0.2) is 13.4 Å². The largest absolute Gasteiger partial charge is 0.395 e. The van der Waals surface area contributed by atoms with Crippen LogP contribution in [-0.4, -0.2) is 77.9 Å². The lowest BCUT2D eigenvalue weighted by Gasteiger charge is -2.34. The molecule has 1 aromatic carbocycles. The van der Waals surface area contributed by atoms with Crippen LogP contribution in [0.5, 0.6) is 0 Å². The molecule has 0 saturated carbocycles. The third kappa shape index (κ3) is 5.03. The van der Waals surface area contributed by atoms with Crippen LogP contribution in [0, 0.1) is 0 Å². The second kappa shape index (κ2) is 10.5. The molecule has 10 heteroatoms. The van der Waals surface area contributed by atoms with Gasteiger partial charge < -0.3 is 15.3 Å². The van der Waals surface area contributed by atoms with Crippen molar-refractivity contribution in [1.82, 2.24) is 19.3 Å². The van der Waals surface area contributed by atoms with E-state index in [2.05, 4.69) is 26.8 Å². The number of nitrogens with one attached hydrogen (secondary N) is 1. The molecule has 2 aromatic heterocycles. The van der Waals surface area contributed by atoms with Crippen molar-refractivity contribution in [3.8, 4) is 11.1 Å². The van der Waals surface area contributed by atoms with Gasteiger partial charge in [-0.2, -0.15) is 4.31 Å². The molecule has 34 heavy (non-hydrogen) atoms. The highest BCUT2D eigenvalue weighted by Crippen LogP contribution is 2.27. The molecule has 3 heterocycles. The van der Waals surface area contributed by atoms with Crippen molar-refractivity contribution in [3.05, 3.63) is 55.5 Å². The van der Waals surface area contributed by atoms with Crippen molar-refractivity contribution < 1.29 is 13.5 Å². The van der Waals surface area contributed by atoms with Gasteiger partial charge in [0.05, 0.1) is 34.8 Å². The van der Waals surface area contributed by atoms with E-state index in [0.29, 0.717) is 25.9 Å². The second-order valence-corrected chi connectivity index (χ2v) is 10.5. The van der Waals surface area contributed by atoms with Crippen LogP contribution in [0.25, 0.3) is 22.2 Å². The van der Waals surface area contributed by atoms with Gasteiger partial charge in [0.25, 0.3) is 0 Å². The number of benzene rings is 1. The van der Waals surface area contributed by atoms with E-state index in [4.69, 9.17) is 4.98 Å². The van der Waals surface area contributed by atoms with Crippen LogP contribution < -0.4 is 10.2 Å². The van der Waals surface area contributed by atoms with E-state index in [-0.39, 0.29) is 19.7 Å². The predicted octanol–water partition coefficient (Wildman–Crippen LogP) is 2.51. The van der Waals surface area contributed by atoms with Crippen molar-refractivity contribution in [3.63, 3.8) is 0 Å². The average molecular weight is 483 g/mol. The highest BCUT2D eigenvalue weighted by molar-refractivity contribution is 7.89. The van der Waals surface area contributed by atoms with E-state index >= 15 is 0 Å². The van der Waals surface area contributed by atoms with Gasteiger partial charge in [0.1, 0.15) is 5.82 Å². The molecule has 0 unspecified atom stereocenters. The topological polar surface area (TPSA) is 112 Å². The molecule has 1 saturated heterocycles. The summed E-state index contributed by atoms with van der Waals surface area (Å²) in [6, 6.07) is 7.98. The first-order valence-corrected chi connectivity index (χ1v) is 12.8. The fourth-order valence-electron chi connectivity index (χ4n) is 4.24. The molecule has 2 N–H and O–H groups in total. The maximum absolute atomic E-state index is 13.0. The summed E-state index contributed by atoms with van der Waals surface area (Å²) in [7, 11) is -1.64. The van der Waals surface area contributed by atoms with Crippen LogP contribution in [0.1, 0.15) is 12.8 Å². The Morgan fingerprint density at radius 3 is 2.68 bits per heavy atom. The van der Waals surface area contributed by atoms with Gasteiger partial charge >= 0.3 is 0 Å². The predicted molar refractivity (Wildman–Crippen MR) is 135 cm³/mol. The zero-order chi connectivity index (χ0) is 24.1. The molecular formula is C24H30N6O3S. The van der Waals surface area contributed by atoms with Crippen LogP contribution in [0.15, 0.2) is 55.5 Å². The Kier molecular flexibility index (Phi) is 7.40. The number of aromatic nitrogens is 3. The van der Waals surface area contributed by atoms with Crippen molar-refractivity contribution in [2.75, 3.05) is 50.1 Å². The number of nitrogens with zero attached hydrogens (tertiary/aromatic N) is 5. The van der Waals surface area contributed by atoms with Crippen molar-refractivity contribution in [2.24, 2.45) is 0 Å². The van der Waals surface area contributed by atoms with Crippen LogP contribution in [0.2, 0.25) is 0 Å². The Labute approximate surface area is 200 Å². The van der Waals surface area contributed by atoms with E-state index in [0.717, 1.165) is 33.7 Å². The SMILES string of the molecule is C=CCN(CCO)S(=O)(=O)C1CCN(c2cnc3ccc(-c4cncc(NC)c4)cc3n2)CC1. The Hall–Kier alpha value is -3.08. The summed E-state index contributed by atoms with van der Waals surface area (Å²) in [6.45, 7) is 4.84. The lowest BCUT2D eigenvalue weighted by Crippen LogP contribution is -2.46. The summed E-state index contributed by atoms with van der Waals surface area (Å²) < 4.78 is 27.3. The minimum absolute atomic E-state index is 0.0831. The number of aliphatic hydroxyl groups is 1. The van der Waals surface area contributed by atoms with Gasteiger partial charge in [0.15, 0.2) is 0 Å². The molecule has 9 nitrogen and oxygen atoms in total. The molecule has 0 spiro atoms. The van der Waals surface area contributed by atoms with Gasteiger partial charge in [-0.15, -0.1) is 6.58 Å². The maximum Gasteiger partial charge on any atom is 0.217 e. The van der Waals surface area contributed by atoms with Crippen molar-refractivity contribution in [2.45, 2.75) is 18.1 Å². The second-order valence-electron chi connectivity index (χ2n) is 8.25. The number of pyridine rings is 1. The van der Waals surface area contributed by atoms with Crippen LogP contribution in [0.4, 0.5) is 11.5 Å². The molecule has 0 aliphatic carbocycles. The summed E-state index contributed by atoms with van der Waals surface area (Å²) >= 11 is 0. The minimum Gasteiger partial charge on any atom is -0.395 e. The number of piperidine rings is 1. The molecule has 0 atom stereocenters. The summed E-state index contributed by atoms with van der Waals surface area (Å²) in [4.78, 5) is 15.8. The van der Waals surface area contributed by atoms with Crippen LogP contribution in [0.3, 0.4) is 0 Å². The lowest BCUT2D eigenvalue weighted by atomic mass is 10.1. The number of anilines is 2. The Morgan fingerprint density at radius 2 is 1.97 bits per heavy atom. The van der Waals surface area contributed by atoms with Crippen molar-refractivity contribution >= 4 is 32.6 Å². The standard InChI is InChI=1S/C24H30N6O3S/c1-3-8-30(11-12-31)34(32,33)21-6-9-29(10-7-21)24-17-27-22-5-4-18(14-23(22)28-24)19-13-20(25-2)16-26-15-19/h3-5,13-17,21,25,31H,1,6-12H2,2H3. The molecule has 0 amide bonds. The lowest BCUT2D eigenvalue weighted by molar-refractivity contribution is 0.258. The normalized spacial score (nSPS) is 15.1. The van der Waals surface area contributed by atoms with Gasteiger partial charge in [0, 0.05) is 51.2 Å². The highest BCUT2D eigenvalue weighted by atomic mass is 32.2. The number of hydrogen-bond acceptors (Lipinski definition) is 8. The minimum atomic E-state index is -3.50. The first-order chi connectivity index (χ1) is 16.5. The summed E-state index contributed by atoms with van der Waals surface area (Å²) in [5.74, 6) is 0.737. The number of aliphatic hydroxyl groups excluding tert-OH is 1. The molecule has 0 bridgehead atoms. The third-order valence-corrected chi connectivity index (χ3v) is 8.48. The first-order valence-electron chi connectivity index (χ1n) is 11.3.